The van der Waals surface area contributed by atoms with Gasteiger partial charge in [-0.2, -0.15) is 0 Å². The molecule has 1 aliphatic rings. The van der Waals surface area contributed by atoms with Gasteiger partial charge in [-0.05, 0) is 18.8 Å². The lowest BCUT2D eigenvalue weighted by atomic mass is 9.96. The van der Waals surface area contributed by atoms with Crippen molar-refractivity contribution in [2.24, 2.45) is 5.92 Å². The molecule has 128 valence electrons. The summed E-state index contributed by atoms with van der Waals surface area (Å²) in [6.45, 7) is 8.64. The van der Waals surface area contributed by atoms with Gasteiger partial charge >= 0.3 is 0 Å². The van der Waals surface area contributed by atoms with Crippen molar-refractivity contribution in [1.82, 2.24) is 15.2 Å². The Labute approximate surface area is 156 Å². The molecule has 1 aromatic heterocycles. The maximum atomic E-state index is 6.37. The highest BCUT2D eigenvalue weighted by Crippen LogP contribution is 2.36. The summed E-state index contributed by atoms with van der Waals surface area (Å²) in [5, 5.41) is 4.77. The van der Waals surface area contributed by atoms with Crippen LogP contribution < -0.4 is 5.32 Å². The summed E-state index contributed by atoms with van der Waals surface area (Å²) in [7, 11) is 0. The number of halogens is 4. The van der Waals surface area contributed by atoms with E-state index >= 15 is 0 Å². The summed E-state index contributed by atoms with van der Waals surface area (Å²) in [5.41, 5.74) is 1.05. The van der Waals surface area contributed by atoms with Gasteiger partial charge in [0.15, 0.2) is 0 Å². The van der Waals surface area contributed by atoms with Crippen molar-refractivity contribution < 1.29 is 0 Å². The predicted octanol–water partition coefficient (Wildman–Crippen LogP) is 4.61. The summed E-state index contributed by atoms with van der Waals surface area (Å²) in [4.78, 5) is 6.56. The second-order valence-corrected chi connectivity index (χ2v) is 6.60. The molecular weight excluding hydrogens is 364 g/mol. The third-order valence-corrected chi connectivity index (χ3v) is 4.44. The van der Waals surface area contributed by atoms with E-state index in [1.165, 1.54) is 6.42 Å². The van der Waals surface area contributed by atoms with Crippen LogP contribution in [-0.2, 0) is 0 Å². The first-order chi connectivity index (χ1) is 9.59. The quantitative estimate of drug-likeness (QED) is 0.797. The average molecular weight is 389 g/mol. The largest absolute Gasteiger partial charge is 0.314 e. The highest BCUT2D eigenvalue weighted by molar-refractivity contribution is 6.35. The van der Waals surface area contributed by atoms with Crippen LogP contribution in [0.2, 0.25) is 10.0 Å². The van der Waals surface area contributed by atoms with Crippen molar-refractivity contribution in [1.29, 1.82) is 0 Å². The molecule has 1 fully saturated rings. The first-order valence-corrected chi connectivity index (χ1v) is 8.09. The first-order valence-electron chi connectivity index (χ1n) is 7.33. The standard InChI is InChI=1S/C15H23Cl2N3.2ClH/c1-11(2)3-4-14(20-7-5-18-6-8-20)15-12(16)9-19-10-13(15)17;;/h9-11,14,18H,3-8H2,1-2H3;2*1H/t14-;;/m1../s1. The van der Waals surface area contributed by atoms with Gasteiger partial charge in [-0.25, -0.2) is 0 Å². The van der Waals surface area contributed by atoms with E-state index in [-0.39, 0.29) is 24.8 Å². The zero-order valence-corrected chi connectivity index (χ0v) is 16.2. The normalized spacial score (nSPS) is 16.8. The number of pyridine rings is 1. The molecule has 1 N–H and O–H groups in total. The molecule has 0 aliphatic carbocycles. The maximum absolute atomic E-state index is 6.37. The molecule has 0 unspecified atom stereocenters. The zero-order valence-electron chi connectivity index (χ0n) is 13.0. The molecule has 0 bridgehead atoms. The van der Waals surface area contributed by atoms with Crippen molar-refractivity contribution in [3.8, 4) is 0 Å². The molecule has 0 saturated carbocycles. The third-order valence-electron chi connectivity index (χ3n) is 3.83. The van der Waals surface area contributed by atoms with Crippen molar-refractivity contribution in [3.63, 3.8) is 0 Å². The second-order valence-electron chi connectivity index (χ2n) is 5.79. The van der Waals surface area contributed by atoms with E-state index in [4.69, 9.17) is 23.2 Å². The number of nitrogens with zero attached hydrogens (tertiary/aromatic N) is 2. The van der Waals surface area contributed by atoms with Crippen LogP contribution >= 0.6 is 48.0 Å². The smallest absolute Gasteiger partial charge is 0.0652 e. The summed E-state index contributed by atoms with van der Waals surface area (Å²) >= 11 is 12.7. The van der Waals surface area contributed by atoms with Crippen LogP contribution in [0.15, 0.2) is 12.4 Å². The maximum Gasteiger partial charge on any atom is 0.0652 e. The minimum Gasteiger partial charge on any atom is -0.314 e. The van der Waals surface area contributed by atoms with Crippen LogP contribution in [0.1, 0.15) is 38.3 Å². The average Bonchev–Trinajstić information content (AvgIpc) is 2.42. The van der Waals surface area contributed by atoms with Crippen LogP contribution in [0.3, 0.4) is 0 Å². The summed E-state index contributed by atoms with van der Waals surface area (Å²) in [6.07, 6.45) is 5.66. The highest BCUT2D eigenvalue weighted by atomic mass is 35.5. The number of aromatic nitrogens is 1. The first kappa shape index (κ1) is 22.2. The Morgan fingerprint density at radius 1 is 1.09 bits per heavy atom. The molecule has 2 rings (SSSR count). The van der Waals surface area contributed by atoms with Crippen molar-refractivity contribution in [2.45, 2.75) is 32.7 Å². The topological polar surface area (TPSA) is 28.2 Å². The van der Waals surface area contributed by atoms with Crippen LogP contribution in [0.25, 0.3) is 0 Å². The zero-order chi connectivity index (χ0) is 14.5. The lowest BCUT2D eigenvalue weighted by Gasteiger charge is -2.36. The minimum atomic E-state index is 0. The van der Waals surface area contributed by atoms with Gasteiger partial charge in [0, 0.05) is 50.2 Å². The van der Waals surface area contributed by atoms with Gasteiger partial charge in [0.05, 0.1) is 10.0 Å². The van der Waals surface area contributed by atoms with Crippen molar-refractivity contribution in [2.75, 3.05) is 26.2 Å². The molecule has 22 heavy (non-hydrogen) atoms. The van der Waals surface area contributed by atoms with E-state index in [1.54, 1.807) is 12.4 Å². The van der Waals surface area contributed by atoms with Gasteiger partial charge < -0.3 is 5.32 Å². The number of rotatable bonds is 5. The summed E-state index contributed by atoms with van der Waals surface area (Å²) in [5.74, 6) is 0.680. The molecule has 0 amide bonds. The van der Waals surface area contributed by atoms with E-state index < -0.39 is 0 Å². The molecule has 2 heterocycles. The van der Waals surface area contributed by atoms with E-state index in [9.17, 15) is 0 Å². The van der Waals surface area contributed by atoms with Crippen LogP contribution in [-0.4, -0.2) is 36.1 Å². The molecule has 1 aromatic rings. The molecule has 0 spiro atoms. The van der Waals surface area contributed by atoms with E-state index in [1.807, 2.05) is 0 Å². The number of hydrogen-bond acceptors (Lipinski definition) is 3. The molecule has 0 aromatic carbocycles. The summed E-state index contributed by atoms with van der Waals surface area (Å²) < 4.78 is 0. The highest BCUT2D eigenvalue weighted by Gasteiger charge is 2.26. The molecule has 1 aliphatic heterocycles. The SMILES string of the molecule is CC(C)CC[C@H](c1c(Cl)cncc1Cl)N1CCNCC1.Cl.Cl. The molecule has 7 heteroatoms. The predicted molar refractivity (Wildman–Crippen MR) is 100 cm³/mol. The Hall–Kier alpha value is 0.230. The third kappa shape index (κ3) is 6.03. The van der Waals surface area contributed by atoms with Gasteiger partial charge in [0.1, 0.15) is 0 Å². The Bertz CT molecular complexity index is 417. The van der Waals surface area contributed by atoms with E-state index in [0.717, 1.165) is 38.2 Å². The Balaban J connectivity index is 0.00000220. The van der Waals surface area contributed by atoms with Gasteiger partial charge in [0.25, 0.3) is 0 Å². The molecule has 1 atom stereocenters. The van der Waals surface area contributed by atoms with Crippen LogP contribution in [0.5, 0.6) is 0 Å². The molecule has 3 nitrogen and oxygen atoms in total. The number of nitrogens with one attached hydrogen (secondary N) is 1. The van der Waals surface area contributed by atoms with Gasteiger partial charge in [-0.3, -0.25) is 9.88 Å². The van der Waals surface area contributed by atoms with Gasteiger partial charge in [-0.1, -0.05) is 37.0 Å². The fourth-order valence-electron chi connectivity index (χ4n) is 2.73. The number of piperazine rings is 1. The van der Waals surface area contributed by atoms with E-state index in [0.29, 0.717) is 22.0 Å². The molecule has 0 radical (unpaired) electrons. The Morgan fingerprint density at radius 2 is 1.64 bits per heavy atom. The monoisotopic (exact) mass is 387 g/mol. The fourth-order valence-corrected chi connectivity index (χ4v) is 3.35. The molecular formula is C15H25Cl4N3. The minimum absolute atomic E-state index is 0. The fraction of sp³-hybridized carbons (Fsp3) is 0.667. The van der Waals surface area contributed by atoms with Crippen molar-refractivity contribution in [3.05, 3.63) is 28.0 Å². The van der Waals surface area contributed by atoms with Gasteiger partial charge in [0.2, 0.25) is 0 Å². The second kappa shape index (κ2) is 10.9. The van der Waals surface area contributed by atoms with Gasteiger partial charge in [-0.15, -0.1) is 24.8 Å². The lowest BCUT2D eigenvalue weighted by molar-refractivity contribution is 0.160. The van der Waals surface area contributed by atoms with Crippen LogP contribution in [0.4, 0.5) is 0 Å². The van der Waals surface area contributed by atoms with Crippen molar-refractivity contribution >= 4 is 48.0 Å². The number of hydrogen-bond donors (Lipinski definition) is 1. The Morgan fingerprint density at radius 3 is 2.14 bits per heavy atom. The molecule has 1 saturated heterocycles. The Kier molecular flexibility index (Phi) is 11.0. The van der Waals surface area contributed by atoms with E-state index in [2.05, 4.69) is 29.0 Å². The van der Waals surface area contributed by atoms with Crippen LogP contribution in [0, 0.1) is 5.92 Å². The lowest BCUT2D eigenvalue weighted by Crippen LogP contribution is -2.45. The summed E-state index contributed by atoms with van der Waals surface area (Å²) in [6, 6.07) is 0.294.